The summed E-state index contributed by atoms with van der Waals surface area (Å²) in [6.45, 7) is 0. The molecule has 0 aromatic heterocycles. The summed E-state index contributed by atoms with van der Waals surface area (Å²) in [5.41, 5.74) is 9.64. The van der Waals surface area contributed by atoms with Crippen molar-refractivity contribution in [1.82, 2.24) is 0 Å². The molecule has 0 heterocycles. The molecule has 0 atom stereocenters. The third-order valence-corrected chi connectivity index (χ3v) is 2.93. The van der Waals surface area contributed by atoms with Gasteiger partial charge in [-0.1, -0.05) is 48.5 Å². The number of alkyl halides is 3. The highest BCUT2D eigenvalue weighted by Crippen LogP contribution is 2.36. The van der Waals surface area contributed by atoms with E-state index in [4.69, 9.17) is 11.5 Å². The minimum Gasteiger partial charge on any atom is -0.306 e. The average Bonchev–Trinajstić information content (AvgIpc) is 2.39. The van der Waals surface area contributed by atoms with Gasteiger partial charge in [-0.2, -0.15) is 13.2 Å². The van der Waals surface area contributed by atoms with Crippen LogP contribution in [0.2, 0.25) is 0 Å². The van der Waals surface area contributed by atoms with Crippen LogP contribution < -0.4 is 11.5 Å². The first-order chi connectivity index (χ1) is 8.83. The summed E-state index contributed by atoms with van der Waals surface area (Å²) >= 11 is 0. The Morgan fingerprint density at radius 2 is 1.16 bits per heavy atom. The summed E-state index contributed by atoms with van der Waals surface area (Å²) in [7, 11) is 0. The lowest BCUT2D eigenvalue weighted by atomic mass is 9.89. The molecule has 0 aliphatic carbocycles. The summed E-state index contributed by atoms with van der Waals surface area (Å²) < 4.78 is 38.9. The summed E-state index contributed by atoms with van der Waals surface area (Å²) in [6, 6.07) is 13.4. The highest BCUT2D eigenvalue weighted by molar-refractivity contribution is 5.42. The van der Waals surface area contributed by atoms with Gasteiger partial charge >= 0.3 is 6.18 Å². The van der Waals surface area contributed by atoms with E-state index in [0.29, 0.717) is 5.56 Å². The standard InChI is InChI=1S/C14H13F3N2/c15-14(16,17)12-9-5-4-8-11(12)13(18,19)10-6-2-1-3-7-10/h1-9H,18-19H2. The molecule has 100 valence electrons. The van der Waals surface area contributed by atoms with Gasteiger partial charge in [0.25, 0.3) is 0 Å². The van der Waals surface area contributed by atoms with Crippen molar-refractivity contribution in [3.05, 3.63) is 71.3 Å². The van der Waals surface area contributed by atoms with Crippen LogP contribution in [0.1, 0.15) is 16.7 Å². The molecule has 0 saturated carbocycles. The molecule has 0 radical (unpaired) electrons. The van der Waals surface area contributed by atoms with Crippen molar-refractivity contribution in [3.63, 3.8) is 0 Å². The van der Waals surface area contributed by atoms with Gasteiger partial charge < -0.3 is 11.5 Å². The van der Waals surface area contributed by atoms with Gasteiger partial charge in [0, 0.05) is 5.56 Å². The van der Waals surface area contributed by atoms with Gasteiger partial charge in [-0.15, -0.1) is 0 Å². The van der Waals surface area contributed by atoms with Crippen LogP contribution in [0.5, 0.6) is 0 Å². The normalized spacial score (nSPS) is 12.5. The van der Waals surface area contributed by atoms with Crippen LogP contribution >= 0.6 is 0 Å². The number of hydrogen-bond acceptors (Lipinski definition) is 2. The number of halogens is 3. The Morgan fingerprint density at radius 3 is 1.68 bits per heavy atom. The zero-order valence-corrected chi connectivity index (χ0v) is 9.98. The van der Waals surface area contributed by atoms with Gasteiger partial charge in [-0.3, -0.25) is 0 Å². The van der Waals surface area contributed by atoms with Gasteiger partial charge in [0.2, 0.25) is 0 Å². The van der Waals surface area contributed by atoms with E-state index >= 15 is 0 Å². The fraction of sp³-hybridized carbons (Fsp3) is 0.143. The summed E-state index contributed by atoms with van der Waals surface area (Å²) in [6.07, 6.45) is -4.49. The maximum atomic E-state index is 13.0. The zero-order valence-electron chi connectivity index (χ0n) is 9.98. The van der Waals surface area contributed by atoms with Crippen LogP contribution in [0.4, 0.5) is 13.2 Å². The Balaban J connectivity index is 2.59. The van der Waals surface area contributed by atoms with Crippen molar-refractivity contribution in [1.29, 1.82) is 0 Å². The van der Waals surface area contributed by atoms with E-state index in [1.807, 2.05) is 0 Å². The second kappa shape index (κ2) is 4.68. The SMILES string of the molecule is NC(N)(c1ccccc1)c1ccccc1C(F)(F)F. The summed E-state index contributed by atoms with van der Waals surface area (Å²) in [4.78, 5) is 0. The third-order valence-electron chi connectivity index (χ3n) is 2.93. The maximum Gasteiger partial charge on any atom is 0.416 e. The summed E-state index contributed by atoms with van der Waals surface area (Å²) in [5, 5.41) is 0. The van der Waals surface area contributed by atoms with Crippen molar-refractivity contribution < 1.29 is 13.2 Å². The molecule has 0 amide bonds. The molecule has 0 fully saturated rings. The Hall–Kier alpha value is -1.85. The van der Waals surface area contributed by atoms with Crippen LogP contribution in [0.15, 0.2) is 54.6 Å². The molecule has 2 aromatic carbocycles. The van der Waals surface area contributed by atoms with E-state index in [9.17, 15) is 13.2 Å². The van der Waals surface area contributed by atoms with E-state index < -0.39 is 17.4 Å². The molecule has 0 saturated heterocycles. The topological polar surface area (TPSA) is 52.0 Å². The lowest BCUT2D eigenvalue weighted by Gasteiger charge is -2.28. The maximum absolute atomic E-state index is 13.0. The quantitative estimate of drug-likeness (QED) is 0.821. The molecule has 19 heavy (non-hydrogen) atoms. The first kappa shape index (κ1) is 13.6. The van der Waals surface area contributed by atoms with Gasteiger partial charge in [0.15, 0.2) is 0 Å². The molecule has 4 N–H and O–H groups in total. The largest absolute Gasteiger partial charge is 0.416 e. The van der Waals surface area contributed by atoms with E-state index in [-0.39, 0.29) is 5.56 Å². The van der Waals surface area contributed by atoms with Crippen molar-refractivity contribution in [3.8, 4) is 0 Å². The van der Waals surface area contributed by atoms with E-state index in [1.54, 1.807) is 30.3 Å². The molecule has 2 aromatic rings. The molecular formula is C14H13F3N2. The average molecular weight is 266 g/mol. The number of nitrogens with two attached hydrogens (primary N) is 2. The predicted octanol–water partition coefficient (Wildman–Crippen LogP) is 2.82. The van der Waals surface area contributed by atoms with Crippen molar-refractivity contribution in [2.24, 2.45) is 11.5 Å². The lowest BCUT2D eigenvalue weighted by molar-refractivity contribution is -0.138. The summed E-state index contributed by atoms with van der Waals surface area (Å²) in [5.74, 6) is 0. The molecule has 2 nitrogen and oxygen atoms in total. The first-order valence-electron chi connectivity index (χ1n) is 5.63. The molecule has 0 spiro atoms. The van der Waals surface area contributed by atoms with E-state index in [2.05, 4.69) is 0 Å². The fourth-order valence-corrected chi connectivity index (χ4v) is 1.96. The van der Waals surface area contributed by atoms with Crippen molar-refractivity contribution in [2.45, 2.75) is 11.8 Å². The van der Waals surface area contributed by atoms with Crippen molar-refractivity contribution in [2.75, 3.05) is 0 Å². The monoisotopic (exact) mass is 266 g/mol. The number of benzene rings is 2. The van der Waals surface area contributed by atoms with Crippen LogP contribution in [0.3, 0.4) is 0 Å². The minimum absolute atomic E-state index is 0.145. The van der Waals surface area contributed by atoms with Gasteiger partial charge in [-0.25, -0.2) is 0 Å². The van der Waals surface area contributed by atoms with Crippen LogP contribution in [-0.2, 0) is 11.8 Å². The third kappa shape index (κ3) is 2.62. The van der Waals surface area contributed by atoms with Crippen LogP contribution in [-0.4, -0.2) is 0 Å². The molecule has 0 aliphatic heterocycles. The van der Waals surface area contributed by atoms with Crippen LogP contribution in [0.25, 0.3) is 0 Å². The fourth-order valence-electron chi connectivity index (χ4n) is 1.96. The number of hydrogen-bond donors (Lipinski definition) is 2. The zero-order chi connectivity index (χ0) is 14.1. The number of rotatable bonds is 2. The Morgan fingerprint density at radius 1 is 0.684 bits per heavy atom. The van der Waals surface area contributed by atoms with Crippen LogP contribution in [0, 0.1) is 0 Å². The Kier molecular flexibility index (Phi) is 3.34. The predicted molar refractivity (Wildman–Crippen MR) is 67.0 cm³/mol. The molecule has 2 rings (SSSR count). The second-order valence-corrected chi connectivity index (χ2v) is 4.28. The Bertz CT molecular complexity index is 562. The first-order valence-corrected chi connectivity index (χ1v) is 5.63. The second-order valence-electron chi connectivity index (χ2n) is 4.28. The van der Waals surface area contributed by atoms with Crippen molar-refractivity contribution >= 4 is 0 Å². The van der Waals surface area contributed by atoms with E-state index in [1.165, 1.54) is 18.2 Å². The molecule has 5 heteroatoms. The van der Waals surface area contributed by atoms with Gasteiger partial charge in [-0.05, 0) is 11.6 Å². The minimum atomic E-state index is -4.49. The van der Waals surface area contributed by atoms with E-state index in [0.717, 1.165) is 6.07 Å². The highest BCUT2D eigenvalue weighted by atomic mass is 19.4. The highest BCUT2D eigenvalue weighted by Gasteiger charge is 2.38. The molecule has 0 unspecified atom stereocenters. The van der Waals surface area contributed by atoms with Gasteiger partial charge in [0.05, 0.1) is 5.56 Å². The molecular weight excluding hydrogens is 253 g/mol. The smallest absolute Gasteiger partial charge is 0.306 e. The molecule has 0 aliphatic rings. The molecule has 0 bridgehead atoms. The lowest BCUT2D eigenvalue weighted by Crippen LogP contribution is -2.48. The Labute approximate surface area is 108 Å². The van der Waals surface area contributed by atoms with Gasteiger partial charge in [0.1, 0.15) is 5.66 Å².